The van der Waals surface area contributed by atoms with Crippen LogP contribution in [0.15, 0.2) is 85.1 Å². The summed E-state index contributed by atoms with van der Waals surface area (Å²) in [5, 5.41) is 2.96. The van der Waals surface area contributed by atoms with E-state index in [1.165, 1.54) is 5.56 Å². The molecule has 0 unspecified atom stereocenters. The van der Waals surface area contributed by atoms with Gasteiger partial charge in [0.25, 0.3) is 5.91 Å². The second-order valence-electron chi connectivity index (χ2n) is 6.49. The number of amides is 1. The van der Waals surface area contributed by atoms with Gasteiger partial charge >= 0.3 is 0 Å². The summed E-state index contributed by atoms with van der Waals surface area (Å²) >= 11 is 0. The van der Waals surface area contributed by atoms with E-state index in [9.17, 15) is 4.79 Å². The molecule has 3 nitrogen and oxygen atoms in total. The lowest BCUT2D eigenvalue weighted by molar-refractivity contribution is -0.110. The van der Waals surface area contributed by atoms with Gasteiger partial charge in [0, 0.05) is 29.7 Å². The van der Waals surface area contributed by atoms with Crippen LogP contribution in [0, 0.1) is 6.92 Å². The lowest BCUT2D eigenvalue weighted by atomic mass is 10.0. The molecule has 0 radical (unpaired) electrons. The number of nitrogens with one attached hydrogen (secondary N) is 1. The summed E-state index contributed by atoms with van der Waals surface area (Å²) in [5.74, 6) is -0.0559. The Kier molecular flexibility index (Phi) is 4.28. The molecule has 128 valence electrons. The van der Waals surface area contributed by atoms with Gasteiger partial charge in [0.05, 0.1) is 5.57 Å². The average molecular weight is 340 g/mol. The number of nitrogens with zero attached hydrogens (tertiary/aromatic N) is 1. The maximum Gasteiger partial charge on any atom is 0.257 e. The summed E-state index contributed by atoms with van der Waals surface area (Å²) in [5.41, 5.74) is 5.92. The van der Waals surface area contributed by atoms with Crippen LogP contribution in [0.5, 0.6) is 0 Å². The predicted molar refractivity (Wildman–Crippen MR) is 107 cm³/mol. The summed E-state index contributed by atoms with van der Waals surface area (Å²) in [6.45, 7) is 2.74. The van der Waals surface area contributed by atoms with Crippen LogP contribution in [0.1, 0.15) is 16.7 Å². The lowest BCUT2D eigenvalue weighted by Gasteiger charge is -2.21. The molecule has 0 bridgehead atoms. The van der Waals surface area contributed by atoms with Crippen LogP contribution in [0.2, 0.25) is 0 Å². The van der Waals surface area contributed by atoms with E-state index in [2.05, 4.69) is 40.5 Å². The molecule has 0 aliphatic carbocycles. The summed E-state index contributed by atoms with van der Waals surface area (Å²) < 4.78 is 0. The third-order valence-electron chi connectivity index (χ3n) is 4.53. The van der Waals surface area contributed by atoms with E-state index in [1.807, 2.05) is 61.7 Å². The summed E-state index contributed by atoms with van der Waals surface area (Å²) in [7, 11) is 0. The zero-order chi connectivity index (χ0) is 17.9. The van der Waals surface area contributed by atoms with Crippen molar-refractivity contribution in [1.82, 2.24) is 0 Å². The molecule has 0 saturated heterocycles. The first-order chi connectivity index (χ1) is 12.7. The highest BCUT2D eigenvalue weighted by Gasteiger charge is 2.25. The number of anilines is 2. The predicted octanol–water partition coefficient (Wildman–Crippen LogP) is 4.99. The second kappa shape index (κ2) is 6.89. The van der Waals surface area contributed by atoms with Gasteiger partial charge < -0.3 is 10.2 Å². The van der Waals surface area contributed by atoms with E-state index >= 15 is 0 Å². The molecule has 0 saturated carbocycles. The van der Waals surface area contributed by atoms with Crippen molar-refractivity contribution in [3.8, 4) is 0 Å². The normalized spacial score (nSPS) is 14.2. The molecule has 3 heteroatoms. The van der Waals surface area contributed by atoms with Crippen LogP contribution < -0.4 is 10.2 Å². The fourth-order valence-electron chi connectivity index (χ4n) is 3.20. The summed E-state index contributed by atoms with van der Waals surface area (Å²) in [6, 6.07) is 26.5. The fourth-order valence-corrected chi connectivity index (χ4v) is 3.20. The van der Waals surface area contributed by atoms with Gasteiger partial charge in [-0.1, -0.05) is 60.2 Å². The minimum Gasteiger partial charge on any atom is -0.343 e. The molecule has 0 aromatic heterocycles. The van der Waals surface area contributed by atoms with Crippen molar-refractivity contribution in [3.63, 3.8) is 0 Å². The minimum atomic E-state index is -0.0559. The van der Waals surface area contributed by atoms with Gasteiger partial charge in [-0.2, -0.15) is 0 Å². The molecule has 0 atom stereocenters. The second-order valence-corrected chi connectivity index (χ2v) is 6.49. The Morgan fingerprint density at radius 2 is 1.62 bits per heavy atom. The zero-order valence-electron chi connectivity index (χ0n) is 14.6. The largest absolute Gasteiger partial charge is 0.343 e. The van der Waals surface area contributed by atoms with Crippen molar-refractivity contribution in [1.29, 1.82) is 0 Å². The van der Waals surface area contributed by atoms with Gasteiger partial charge in [-0.3, -0.25) is 4.79 Å². The van der Waals surface area contributed by atoms with Crippen LogP contribution in [0.25, 0.3) is 5.57 Å². The first kappa shape index (κ1) is 16.2. The van der Waals surface area contributed by atoms with Crippen LogP contribution in [0.4, 0.5) is 11.4 Å². The number of aryl methyl sites for hydroxylation is 1. The SMILES string of the molecule is Cc1ccc2c(c1)/C(=C\N(Cc1ccccc1)c1ccccc1)C(=O)N2. The number of benzene rings is 3. The van der Waals surface area contributed by atoms with E-state index in [0.717, 1.165) is 22.5 Å². The standard InChI is InChI=1S/C23H20N2O/c1-17-12-13-22-20(14-17)21(23(26)24-22)16-25(19-10-6-3-7-11-19)15-18-8-4-2-5-9-18/h2-14,16H,15H2,1H3,(H,24,26)/b21-16+. The van der Waals surface area contributed by atoms with Crippen LogP contribution >= 0.6 is 0 Å². The van der Waals surface area contributed by atoms with E-state index in [4.69, 9.17) is 0 Å². The number of carbonyl (C=O) groups excluding carboxylic acids is 1. The number of para-hydroxylation sites is 1. The average Bonchev–Trinajstić information content (AvgIpc) is 2.97. The van der Waals surface area contributed by atoms with Gasteiger partial charge in [0.1, 0.15) is 0 Å². The van der Waals surface area contributed by atoms with Gasteiger partial charge in [-0.05, 0) is 36.8 Å². The van der Waals surface area contributed by atoms with Crippen molar-refractivity contribution in [2.45, 2.75) is 13.5 Å². The third-order valence-corrected chi connectivity index (χ3v) is 4.53. The molecular weight excluding hydrogens is 320 g/mol. The Morgan fingerprint density at radius 1 is 0.923 bits per heavy atom. The highest BCUT2D eigenvalue weighted by molar-refractivity contribution is 6.31. The van der Waals surface area contributed by atoms with Crippen LogP contribution in [-0.2, 0) is 11.3 Å². The lowest BCUT2D eigenvalue weighted by Crippen LogP contribution is -2.17. The molecule has 1 aliphatic heterocycles. The molecule has 3 aromatic carbocycles. The number of fused-ring (bicyclic) bond motifs is 1. The summed E-state index contributed by atoms with van der Waals surface area (Å²) in [6.07, 6.45) is 1.96. The Morgan fingerprint density at radius 3 is 2.35 bits per heavy atom. The Hall–Kier alpha value is -3.33. The molecule has 4 rings (SSSR count). The maximum absolute atomic E-state index is 12.6. The van der Waals surface area contributed by atoms with Crippen molar-refractivity contribution in [2.24, 2.45) is 0 Å². The molecule has 1 amide bonds. The minimum absolute atomic E-state index is 0.0559. The van der Waals surface area contributed by atoms with E-state index in [-0.39, 0.29) is 5.91 Å². The molecule has 3 aromatic rings. The van der Waals surface area contributed by atoms with Gasteiger partial charge in [-0.25, -0.2) is 0 Å². The molecule has 1 aliphatic rings. The number of hydrogen-bond acceptors (Lipinski definition) is 2. The van der Waals surface area contributed by atoms with Gasteiger partial charge in [-0.15, -0.1) is 0 Å². The Labute approximate surface area is 153 Å². The molecule has 0 fully saturated rings. The fraction of sp³-hybridized carbons (Fsp3) is 0.0870. The van der Waals surface area contributed by atoms with E-state index in [1.54, 1.807) is 0 Å². The maximum atomic E-state index is 12.6. The van der Waals surface area contributed by atoms with E-state index in [0.29, 0.717) is 12.1 Å². The number of carbonyl (C=O) groups is 1. The highest BCUT2D eigenvalue weighted by atomic mass is 16.2. The zero-order valence-corrected chi connectivity index (χ0v) is 14.6. The van der Waals surface area contributed by atoms with Gasteiger partial charge in [0.2, 0.25) is 0 Å². The Balaban J connectivity index is 1.77. The number of hydrogen-bond donors (Lipinski definition) is 1. The molecule has 1 N–H and O–H groups in total. The van der Waals surface area contributed by atoms with Gasteiger partial charge in [0.15, 0.2) is 0 Å². The molecule has 0 spiro atoms. The first-order valence-electron chi connectivity index (χ1n) is 8.70. The molecular formula is C23H20N2O. The van der Waals surface area contributed by atoms with Crippen molar-refractivity contribution in [2.75, 3.05) is 10.2 Å². The third kappa shape index (κ3) is 3.24. The van der Waals surface area contributed by atoms with Crippen LogP contribution in [0.3, 0.4) is 0 Å². The van der Waals surface area contributed by atoms with Crippen LogP contribution in [-0.4, -0.2) is 5.91 Å². The van der Waals surface area contributed by atoms with Crippen molar-refractivity contribution >= 4 is 22.9 Å². The summed E-state index contributed by atoms with van der Waals surface area (Å²) in [4.78, 5) is 14.7. The van der Waals surface area contributed by atoms with Crippen molar-refractivity contribution < 1.29 is 4.79 Å². The topological polar surface area (TPSA) is 32.3 Å². The quantitative estimate of drug-likeness (QED) is 0.678. The monoisotopic (exact) mass is 340 g/mol. The molecule has 26 heavy (non-hydrogen) atoms. The number of rotatable bonds is 4. The Bertz CT molecular complexity index is 962. The highest BCUT2D eigenvalue weighted by Crippen LogP contribution is 2.33. The molecule has 1 heterocycles. The van der Waals surface area contributed by atoms with Crippen molar-refractivity contribution in [3.05, 3.63) is 102 Å². The smallest absolute Gasteiger partial charge is 0.257 e. The van der Waals surface area contributed by atoms with E-state index < -0.39 is 0 Å². The first-order valence-corrected chi connectivity index (χ1v) is 8.70.